The fourth-order valence-corrected chi connectivity index (χ4v) is 2.78. The van der Waals surface area contributed by atoms with Crippen molar-refractivity contribution in [1.29, 1.82) is 0 Å². The highest BCUT2D eigenvalue weighted by Gasteiger charge is 2.24. The quantitative estimate of drug-likeness (QED) is 0.858. The molecule has 0 aliphatic heterocycles. The number of rotatable bonds is 2. The summed E-state index contributed by atoms with van der Waals surface area (Å²) in [5.41, 5.74) is 2.54. The number of benzene rings is 2. The molecule has 0 aromatic heterocycles. The van der Waals surface area contributed by atoms with E-state index in [9.17, 15) is 9.50 Å². The van der Waals surface area contributed by atoms with Gasteiger partial charge in [-0.15, -0.1) is 0 Å². The van der Waals surface area contributed by atoms with Gasteiger partial charge in [0, 0.05) is 0 Å². The molecule has 0 spiro atoms. The second-order valence-corrected chi connectivity index (χ2v) is 5.12. The zero-order valence-electron chi connectivity index (χ0n) is 10.2. The summed E-state index contributed by atoms with van der Waals surface area (Å²) in [7, 11) is 0. The Morgan fingerprint density at radius 1 is 1.26 bits per heavy atom. The van der Waals surface area contributed by atoms with Gasteiger partial charge in [0.2, 0.25) is 0 Å². The molecule has 98 valence electrons. The van der Waals surface area contributed by atoms with Crippen LogP contribution >= 0.6 is 11.6 Å². The minimum atomic E-state index is -0.347. The molecular weight excluding hydrogens is 265 g/mol. The van der Waals surface area contributed by atoms with Crippen LogP contribution in [0.25, 0.3) is 0 Å². The van der Waals surface area contributed by atoms with Crippen LogP contribution in [0.15, 0.2) is 36.4 Å². The second kappa shape index (κ2) is 4.74. The third kappa shape index (κ3) is 2.26. The summed E-state index contributed by atoms with van der Waals surface area (Å²) in [4.78, 5) is 0. The molecule has 0 radical (unpaired) electrons. The second-order valence-electron chi connectivity index (χ2n) is 4.72. The van der Waals surface area contributed by atoms with Crippen molar-refractivity contribution in [2.24, 2.45) is 0 Å². The van der Waals surface area contributed by atoms with Crippen molar-refractivity contribution in [2.45, 2.75) is 18.9 Å². The lowest BCUT2D eigenvalue weighted by molar-refractivity contribution is 0.474. The number of phenolic OH excluding ortho intramolecular Hbond substituents is 1. The molecule has 2 nitrogen and oxygen atoms in total. The standard InChI is InChI=1S/C15H13ClFNO/c16-12-2-1-3-13(17)15(12)18-14-7-4-9-8-10(19)5-6-11(9)14/h1-3,5-6,8,14,18-19H,4,7H2. The van der Waals surface area contributed by atoms with Crippen LogP contribution in [0.2, 0.25) is 5.02 Å². The third-order valence-corrected chi connectivity index (χ3v) is 3.80. The van der Waals surface area contributed by atoms with E-state index in [0.717, 1.165) is 24.0 Å². The van der Waals surface area contributed by atoms with Crippen LogP contribution in [0.1, 0.15) is 23.6 Å². The lowest BCUT2D eigenvalue weighted by Crippen LogP contribution is -2.08. The van der Waals surface area contributed by atoms with Crippen LogP contribution in [0.3, 0.4) is 0 Å². The molecular formula is C15H13ClFNO. The van der Waals surface area contributed by atoms with Gasteiger partial charge in [-0.2, -0.15) is 0 Å². The number of aryl methyl sites for hydroxylation is 1. The van der Waals surface area contributed by atoms with Crippen LogP contribution in [0, 0.1) is 5.82 Å². The van der Waals surface area contributed by atoms with E-state index in [-0.39, 0.29) is 17.6 Å². The van der Waals surface area contributed by atoms with Crippen LogP contribution in [-0.4, -0.2) is 5.11 Å². The van der Waals surface area contributed by atoms with Gasteiger partial charge in [0.05, 0.1) is 16.8 Å². The first-order valence-electron chi connectivity index (χ1n) is 6.17. The maximum absolute atomic E-state index is 13.8. The van der Waals surface area contributed by atoms with Crippen LogP contribution in [0.4, 0.5) is 10.1 Å². The zero-order valence-corrected chi connectivity index (χ0v) is 10.9. The SMILES string of the molecule is Oc1ccc2c(c1)CCC2Nc1c(F)cccc1Cl. The van der Waals surface area contributed by atoms with Crippen LogP contribution in [0.5, 0.6) is 5.75 Å². The Morgan fingerprint density at radius 3 is 2.89 bits per heavy atom. The fraction of sp³-hybridized carbons (Fsp3) is 0.200. The van der Waals surface area contributed by atoms with Crippen molar-refractivity contribution >= 4 is 17.3 Å². The number of hydrogen-bond donors (Lipinski definition) is 2. The smallest absolute Gasteiger partial charge is 0.147 e. The summed E-state index contributed by atoms with van der Waals surface area (Å²) in [6, 6.07) is 9.97. The molecule has 3 rings (SSSR count). The van der Waals surface area contributed by atoms with Crippen LogP contribution < -0.4 is 5.32 Å². The van der Waals surface area contributed by atoms with Gasteiger partial charge in [-0.25, -0.2) is 4.39 Å². The zero-order chi connectivity index (χ0) is 13.4. The van der Waals surface area contributed by atoms with Crippen molar-refractivity contribution in [3.8, 4) is 5.75 Å². The van der Waals surface area contributed by atoms with Crippen molar-refractivity contribution in [1.82, 2.24) is 0 Å². The molecule has 0 saturated carbocycles. The molecule has 0 bridgehead atoms. The predicted octanol–water partition coefficient (Wildman–Crippen LogP) is 4.28. The van der Waals surface area contributed by atoms with E-state index >= 15 is 0 Å². The summed E-state index contributed by atoms with van der Waals surface area (Å²) < 4.78 is 13.8. The number of hydrogen-bond acceptors (Lipinski definition) is 2. The maximum atomic E-state index is 13.8. The average molecular weight is 278 g/mol. The van der Waals surface area contributed by atoms with E-state index in [0.29, 0.717) is 10.7 Å². The number of anilines is 1. The van der Waals surface area contributed by atoms with Gasteiger partial charge >= 0.3 is 0 Å². The molecule has 2 aromatic carbocycles. The number of phenols is 1. The van der Waals surface area contributed by atoms with Gasteiger partial charge in [0.25, 0.3) is 0 Å². The van der Waals surface area contributed by atoms with Crippen LogP contribution in [-0.2, 0) is 6.42 Å². The molecule has 0 saturated heterocycles. The first-order chi connectivity index (χ1) is 9.15. The van der Waals surface area contributed by atoms with Gasteiger partial charge < -0.3 is 10.4 Å². The van der Waals surface area contributed by atoms with E-state index in [2.05, 4.69) is 5.32 Å². The summed E-state index contributed by atoms with van der Waals surface area (Å²) in [5.74, 6) is -0.0805. The third-order valence-electron chi connectivity index (χ3n) is 3.49. The number of fused-ring (bicyclic) bond motifs is 1. The lowest BCUT2D eigenvalue weighted by atomic mass is 10.1. The van der Waals surface area contributed by atoms with Gasteiger partial charge in [-0.3, -0.25) is 0 Å². The summed E-state index contributed by atoms with van der Waals surface area (Å²) in [5, 5.41) is 13.0. The van der Waals surface area contributed by atoms with E-state index in [1.54, 1.807) is 24.3 Å². The highest BCUT2D eigenvalue weighted by Crippen LogP contribution is 2.37. The Kier molecular flexibility index (Phi) is 3.07. The molecule has 1 aliphatic rings. The van der Waals surface area contributed by atoms with Gasteiger partial charge in [-0.1, -0.05) is 23.7 Å². The van der Waals surface area contributed by atoms with Crippen molar-refractivity contribution in [3.63, 3.8) is 0 Å². The van der Waals surface area contributed by atoms with E-state index < -0.39 is 0 Å². The number of halogens is 2. The van der Waals surface area contributed by atoms with E-state index in [4.69, 9.17) is 11.6 Å². The normalized spacial score (nSPS) is 17.3. The molecule has 2 aromatic rings. The minimum absolute atomic E-state index is 0.0324. The highest BCUT2D eigenvalue weighted by atomic mass is 35.5. The first kappa shape index (κ1) is 12.3. The largest absolute Gasteiger partial charge is 0.508 e. The molecule has 0 fully saturated rings. The highest BCUT2D eigenvalue weighted by molar-refractivity contribution is 6.33. The number of aromatic hydroxyl groups is 1. The monoisotopic (exact) mass is 277 g/mol. The van der Waals surface area contributed by atoms with E-state index in [1.807, 2.05) is 6.07 Å². The maximum Gasteiger partial charge on any atom is 0.147 e. The molecule has 1 unspecified atom stereocenters. The summed E-state index contributed by atoms with van der Waals surface area (Å²) in [6.45, 7) is 0. The average Bonchev–Trinajstić information content (AvgIpc) is 2.76. The molecule has 4 heteroatoms. The van der Waals surface area contributed by atoms with Crippen molar-refractivity contribution in [2.75, 3.05) is 5.32 Å². The minimum Gasteiger partial charge on any atom is -0.508 e. The van der Waals surface area contributed by atoms with Crippen molar-refractivity contribution in [3.05, 3.63) is 58.4 Å². The Labute approximate surface area is 115 Å². The number of nitrogens with one attached hydrogen (secondary N) is 1. The fourth-order valence-electron chi connectivity index (χ4n) is 2.56. The predicted molar refractivity (Wildman–Crippen MR) is 74.2 cm³/mol. The molecule has 0 amide bonds. The van der Waals surface area contributed by atoms with E-state index in [1.165, 1.54) is 6.07 Å². The van der Waals surface area contributed by atoms with Gasteiger partial charge in [0.1, 0.15) is 11.6 Å². The topological polar surface area (TPSA) is 32.3 Å². The molecule has 2 N–H and O–H groups in total. The molecule has 1 aliphatic carbocycles. The van der Waals surface area contributed by atoms with Gasteiger partial charge in [-0.05, 0) is 48.2 Å². The molecule has 0 heterocycles. The van der Waals surface area contributed by atoms with Crippen molar-refractivity contribution < 1.29 is 9.50 Å². The van der Waals surface area contributed by atoms with Gasteiger partial charge in [0.15, 0.2) is 0 Å². The molecule has 1 atom stereocenters. The molecule has 19 heavy (non-hydrogen) atoms. The number of para-hydroxylation sites is 1. The summed E-state index contributed by atoms with van der Waals surface area (Å²) in [6.07, 6.45) is 1.73. The Hall–Kier alpha value is -1.74. The Balaban J connectivity index is 1.91. The Bertz CT molecular complexity index is 609. The summed E-state index contributed by atoms with van der Waals surface area (Å²) >= 11 is 6.02. The first-order valence-corrected chi connectivity index (χ1v) is 6.55. The lowest BCUT2D eigenvalue weighted by Gasteiger charge is -2.17. The Morgan fingerprint density at radius 2 is 2.11 bits per heavy atom.